The molecule has 0 atom stereocenters. The van der Waals surface area contributed by atoms with Gasteiger partial charge in [0.05, 0.1) is 5.56 Å². The van der Waals surface area contributed by atoms with Gasteiger partial charge in [-0.05, 0) is 39.0 Å². The number of aryl methyl sites for hydroxylation is 3. The summed E-state index contributed by atoms with van der Waals surface area (Å²) >= 11 is 0. The molecular formula is C14H17N3O2. The summed E-state index contributed by atoms with van der Waals surface area (Å²) in [5.74, 6) is -0.517. The van der Waals surface area contributed by atoms with Crippen LogP contribution >= 0.6 is 0 Å². The molecule has 0 saturated heterocycles. The Hall–Kier alpha value is -2.43. The number of rotatable bonds is 1. The van der Waals surface area contributed by atoms with Gasteiger partial charge in [-0.2, -0.15) is 0 Å². The van der Waals surface area contributed by atoms with E-state index in [9.17, 15) is 4.79 Å². The highest BCUT2D eigenvalue weighted by atomic mass is 16.4. The van der Waals surface area contributed by atoms with Crippen LogP contribution < -0.4 is 5.73 Å². The van der Waals surface area contributed by atoms with Crippen LogP contribution in [0.25, 0.3) is 0 Å². The van der Waals surface area contributed by atoms with E-state index in [0.29, 0.717) is 11.5 Å². The largest absolute Gasteiger partial charge is 0.478 e. The van der Waals surface area contributed by atoms with Gasteiger partial charge in [0, 0.05) is 11.4 Å². The fourth-order valence-electron chi connectivity index (χ4n) is 1.53. The Balaban J connectivity index is 0.000000191. The van der Waals surface area contributed by atoms with Crippen molar-refractivity contribution in [3.63, 3.8) is 0 Å². The van der Waals surface area contributed by atoms with E-state index in [0.717, 1.165) is 17.0 Å². The van der Waals surface area contributed by atoms with Gasteiger partial charge in [0.2, 0.25) is 5.95 Å². The Morgan fingerprint density at radius 2 is 1.68 bits per heavy atom. The lowest BCUT2D eigenvalue weighted by molar-refractivity contribution is 0.0697. The topological polar surface area (TPSA) is 89.1 Å². The van der Waals surface area contributed by atoms with Crippen molar-refractivity contribution in [3.8, 4) is 0 Å². The summed E-state index contributed by atoms with van der Waals surface area (Å²) in [5, 5.41) is 8.51. The van der Waals surface area contributed by atoms with Gasteiger partial charge in [-0.1, -0.05) is 17.7 Å². The molecule has 0 bridgehead atoms. The molecule has 0 saturated carbocycles. The third-order valence-corrected chi connectivity index (χ3v) is 2.26. The van der Waals surface area contributed by atoms with Crippen LogP contribution in [-0.4, -0.2) is 21.0 Å². The molecular weight excluding hydrogens is 242 g/mol. The zero-order valence-electron chi connectivity index (χ0n) is 11.2. The molecule has 5 heteroatoms. The van der Waals surface area contributed by atoms with Gasteiger partial charge in [-0.15, -0.1) is 0 Å². The molecule has 0 unspecified atom stereocenters. The van der Waals surface area contributed by atoms with Crippen LogP contribution in [0.15, 0.2) is 30.3 Å². The molecule has 2 rings (SSSR count). The summed E-state index contributed by atoms with van der Waals surface area (Å²) in [6.45, 7) is 5.66. The number of hydrogen-bond acceptors (Lipinski definition) is 4. The van der Waals surface area contributed by atoms with Crippen LogP contribution in [-0.2, 0) is 0 Å². The molecule has 100 valence electrons. The highest BCUT2D eigenvalue weighted by molar-refractivity contribution is 5.87. The Labute approximate surface area is 112 Å². The number of carboxylic acids is 1. The number of carbonyl (C=O) groups is 1. The van der Waals surface area contributed by atoms with Gasteiger partial charge in [0.15, 0.2) is 0 Å². The maximum atomic E-state index is 10.4. The van der Waals surface area contributed by atoms with Crippen molar-refractivity contribution < 1.29 is 9.90 Å². The third kappa shape index (κ3) is 5.16. The zero-order chi connectivity index (χ0) is 14.4. The van der Waals surface area contributed by atoms with E-state index < -0.39 is 5.97 Å². The number of aromatic nitrogens is 2. The average Bonchev–Trinajstić information content (AvgIpc) is 2.27. The van der Waals surface area contributed by atoms with E-state index in [1.807, 2.05) is 32.9 Å². The zero-order valence-corrected chi connectivity index (χ0v) is 11.2. The van der Waals surface area contributed by atoms with Crippen LogP contribution in [0.2, 0.25) is 0 Å². The SMILES string of the molecule is Cc1cc(C)nc(N)n1.Cc1cccc(C(=O)O)c1. The first kappa shape index (κ1) is 14.6. The van der Waals surface area contributed by atoms with Crippen molar-refractivity contribution in [1.29, 1.82) is 0 Å². The van der Waals surface area contributed by atoms with Crippen molar-refractivity contribution in [2.75, 3.05) is 5.73 Å². The molecule has 0 aliphatic carbocycles. The standard InChI is InChI=1S/C8H8O2.C6H9N3/c1-6-3-2-4-7(5-6)8(9)10;1-4-3-5(2)9-6(7)8-4/h2-5H,1H3,(H,9,10);3H,1-2H3,(H2,7,8,9). The van der Waals surface area contributed by atoms with Gasteiger partial charge >= 0.3 is 5.97 Å². The van der Waals surface area contributed by atoms with Crippen molar-refractivity contribution in [2.45, 2.75) is 20.8 Å². The number of carboxylic acid groups (broad SMARTS) is 1. The summed E-state index contributed by atoms with van der Waals surface area (Å²) in [7, 11) is 0. The molecule has 5 nitrogen and oxygen atoms in total. The molecule has 19 heavy (non-hydrogen) atoms. The molecule has 1 heterocycles. The van der Waals surface area contributed by atoms with Crippen molar-refractivity contribution in [2.24, 2.45) is 0 Å². The smallest absolute Gasteiger partial charge is 0.335 e. The van der Waals surface area contributed by atoms with E-state index in [1.165, 1.54) is 0 Å². The Kier molecular flexibility index (Phi) is 5.00. The Bertz CT molecular complexity index is 532. The van der Waals surface area contributed by atoms with E-state index >= 15 is 0 Å². The minimum atomic E-state index is -0.872. The maximum absolute atomic E-state index is 10.4. The molecule has 0 radical (unpaired) electrons. The lowest BCUT2D eigenvalue weighted by Gasteiger charge is -1.94. The number of aromatic carboxylic acids is 1. The lowest BCUT2D eigenvalue weighted by atomic mass is 10.1. The van der Waals surface area contributed by atoms with Gasteiger partial charge in [0.1, 0.15) is 0 Å². The predicted octanol–water partition coefficient (Wildman–Crippen LogP) is 2.37. The van der Waals surface area contributed by atoms with Gasteiger partial charge in [-0.3, -0.25) is 0 Å². The van der Waals surface area contributed by atoms with E-state index in [1.54, 1.807) is 18.2 Å². The number of anilines is 1. The second kappa shape index (κ2) is 6.49. The van der Waals surface area contributed by atoms with E-state index in [4.69, 9.17) is 10.8 Å². The first-order valence-corrected chi connectivity index (χ1v) is 5.76. The molecule has 2 aromatic rings. The first-order chi connectivity index (χ1) is 8.88. The van der Waals surface area contributed by atoms with Crippen molar-refractivity contribution in [3.05, 3.63) is 52.8 Å². The molecule has 0 aliphatic heterocycles. The lowest BCUT2D eigenvalue weighted by Crippen LogP contribution is -1.97. The minimum Gasteiger partial charge on any atom is -0.478 e. The Morgan fingerprint density at radius 1 is 1.11 bits per heavy atom. The van der Waals surface area contributed by atoms with E-state index in [2.05, 4.69) is 9.97 Å². The number of benzene rings is 1. The van der Waals surface area contributed by atoms with Gasteiger partial charge in [-0.25, -0.2) is 14.8 Å². The molecule has 0 spiro atoms. The van der Waals surface area contributed by atoms with Gasteiger partial charge in [0.25, 0.3) is 0 Å². The second-order valence-electron chi connectivity index (χ2n) is 4.18. The normalized spacial score (nSPS) is 9.42. The van der Waals surface area contributed by atoms with Crippen LogP contribution in [0.4, 0.5) is 5.95 Å². The van der Waals surface area contributed by atoms with Crippen LogP contribution in [0.5, 0.6) is 0 Å². The van der Waals surface area contributed by atoms with E-state index in [-0.39, 0.29) is 0 Å². The van der Waals surface area contributed by atoms with Crippen LogP contribution in [0, 0.1) is 20.8 Å². The molecule has 3 N–H and O–H groups in total. The monoisotopic (exact) mass is 259 g/mol. The summed E-state index contributed by atoms with van der Waals surface area (Å²) in [6.07, 6.45) is 0. The molecule has 1 aromatic carbocycles. The summed E-state index contributed by atoms with van der Waals surface area (Å²) in [6, 6.07) is 8.71. The Morgan fingerprint density at radius 3 is 2.05 bits per heavy atom. The average molecular weight is 259 g/mol. The molecule has 0 amide bonds. The molecule has 0 fully saturated rings. The number of hydrogen-bond donors (Lipinski definition) is 2. The quantitative estimate of drug-likeness (QED) is 0.820. The highest BCUT2D eigenvalue weighted by Crippen LogP contribution is 2.02. The molecule has 0 aliphatic rings. The van der Waals surface area contributed by atoms with Crippen LogP contribution in [0.3, 0.4) is 0 Å². The summed E-state index contributed by atoms with van der Waals surface area (Å²) < 4.78 is 0. The second-order valence-corrected chi connectivity index (χ2v) is 4.18. The van der Waals surface area contributed by atoms with Gasteiger partial charge < -0.3 is 10.8 Å². The maximum Gasteiger partial charge on any atom is 0.335 e. The fourth-order valence-corrected chi connectivity index (χ4v) is 1.53. The highest BCUT2D eigenvalue weighted by Gasteiger charge is 1.99. The van der Waals surface area contributed by atoms with Crippen LogP contribution in [0.1, 0.15) is 27.3 Å². The minimum absolute atomic E-state index is 0.347. The third-order valence-electron chi connectivity index (χ3n) is 2.26. The van der Waals surface area contributed by atoms with Crippen molar-refractivity contribution in [1.82, 2.24) is 9.97 Å². The fraction of sp³-hybridized carbons (Fsp3) is 0.214. The van der Waals surface area contributed by atoms with Crippen molar-refractivity contribution >= 4 is 11.9 Å². The number of nitrogens with zero attached hydrogens (tertiary/aromatic N) is 2. The number of nitrogen functional groups attached to an aromatic ring is 1. The summed E-state index contributed by atoms with van der Waals surface area (Å²) in [4.78, 5) is 18.2. The first-order valence-electron chi connectivity index (χ1n) is 5.76. The molecule has 1 aromatic heterocycles. The summed E-state index contributed by atoms with van der Waals surface area (Å²) in [5.41, 5.74) is 8.49. The predicted molar refractivity (Wildman–Crippen MR) is 74.1 cm³/mol. The number of nitrogens with two attached hydrogens (primary N) is 1.